The van der Waals surface area contributed by atoms with Crippen molar-refractivity contribution in [2.75, 3.05) is 6.61 Å². The maximum absolute atomic E-state index is 12.3. The lowest BCUT2D eigenvalue weighted by molar-refractivity contribution is -0.274. The number of aromatic nitrogens is 3. The molecule has 0 amide bonds. The van der Waals surface area contributed by atoms with Crippen LogP contribution in [0.3, 0.4) is 0 Å². The molecule has 28 heavy (non-hydrogen) atoms. The first-order chi connectivity index (χ1) is 13.3. The first-order valence-electron chi connectivity index (χ1n) is 8.54. The van der Waals surface area contributed by atoms with Gasteiger partial charge in [0.2, 0.25) is 0 Å². The molecule has 8 heteroatoms. The number of hydrogen-bond donors (Lipinski definition) is 0. The fourth-order valence-corrected chi connectivity index (χ4v) is 2.84. The summed E-state index contributed by atoms with van der Waals surface area (Å²) >= 11 is 0. The van der Waals surface area contributed by atoms with Crippen molar-refractivity contribution in [1.29, 1.82) is 0 Å². The summed E-state index contributed by atoms with van der Waals surface area (Å²) in [6, 6.07) is 9.28. The fraction of sp³-hybridized carbons (Fsp3) is 0.250. The molecule has 1 aromatic carbocycles. The Hall–Kier alpha value is -3.00. The summed E-state index contributed by atoms with van der Waals surface area (Å²) in [5.74, 6) is -0.270. The van der Waals surface area contributed by atoms with E-state index < -0.39 is 12.0 Å². The average molecular weight is 389 g/mol. The van der Waals surface area contributed by atoms with Gasteiger partial charge in [0.1, 0.15) is 17.7 Å². The number of rotatable bonds is 6. The molecule has 3 rings (SSSR count). The number of alkyl halides is 3. The number of nitrogens with zero attached hydrogens (tertiary/aromatic N) is 3. The van der Waals surface area contributed by atoms with E-state index in [1.54, 1.807) is 30.7 Å². The quantitative estimate of drug-likeness (QED) is 0.610. The molecule has 0 saturated carbocycles. The summed E-state index contributed by atoms with van der Waals surface area (Å²) in [5, 5.41) is 0. The lowest BCUT2D eigenvalue weighted by atomic mass is 9.93. The lowest BCUT2D eigenvalue weighted by Crippen LogP contribution is -2.29. The van der Waals surface area contributed by atoms with E-state index in [0.29, 0.717) is 12.3 Å². The van der Waals surface area contributed by atoms with Crippen LogP contribution >= 0.6 is 0 Å². The van der Waals surface area contributed by atoms with Crippen LogP contribution < -0.4 is 4.74 Å². The van der Waals surface area contributed by atoms with E-state index in [-0.39, 0.29) is 5.75 Å². The van der Waals surface area contributed by atoms with Gasteiger partial charge in [-0.15, -0.1) is 13.2 Å². The molecular weight excluding hydrogens is 371 g/mol. The standard InChI is InChI=1S/C20H18F3N3O2/c1-3-27-19(2,16-11-24-13-25-12-16)18-9-6-15(10-26-18)14-4-7-17(8-5-14)28-20(21,22)23/h4-13H,3H2,1-2H3. The summed E-state index contributed by atoms with van der Waals surface area (Å²) in [6.45, 7) is 4.25. The maximum atomic E-state index is 12.3. The van der Waals surface area contributed by atoms with Crippen LogP contribution in [0.1, 0.15) is 25.1 Å². The molecule has 0 N–H and O–H groups in total. The van der Waals surface area contributed by atoms with E-state index in [1.165, 1.54) is 18.5 Å². The van der Waals surface area contributed by atoms with Crippen LogP contribution in [-0.2, 0) is 10.3 Å². The Morgan fingerprint density at radius 3 is 2.07 bits per heavy atom. The van der Waals surface area contributed by atoms with Gasteiger partial charge in [-0.05, 0) is 37.6 Å². The highest BCUT2D eigenvalue weighted by atomic mass is 19.4. The molecule has 1 unspecified atom stereocenters. The molecular formula is C20H18F3N3O2. The Morgan fingerprint density at radius 2 is 1.54 bits per heavy atom. The number of hydrogen-bond acceptors (Lipinski definition) is 5. The molecule has 2 heterocycles. The molecule has 3 aromatic rings. The molecule has 0 aliphatic rings. The Labute approximate surface area is 160 Å². The SMILES string of the molecule is CCOC(C)(c1cncnc1)c1ccc(-c2ccc(OC(F)(F)F)cc2)cn1. The van der Waals surface area contributed by atoms with Gasteiger partial charge < -0.3 is 9.47 Å². The largest absolute Gasteiger partial charge is 0.573 e. The second-order valence-corrected chi connectivity index (χ2v) is 6.10. The molecule has 5 nitrogen and oxygen atoms in total. The zero-order valence-corrected chi connectivity index (χ0v) is 15.3. The van der Waals surface area contributed by atoms with Crippen molar-refractivity contribution < 1.29 is 22.6 Å². The average Bonchev–Trinajstić information content (AvgIpc) is 2.68. The molecule has 0 saturated heterocycles. The molecule has 0 aliphatic heterocycles. The Balaban J connectivity index is 1.86. The first kappa shape index (κ1) is 19.8. The predicted molar refractivity (Wildman–Crippen MR) is 96.5 cm³/mol. The smallest absolute Gasteiger partial charge is 0.406 e. The van der Waals surface area contributed by atoms with Crippen molar-refractivity contribution in [3.8, 4) is 16.9 Å². The summed E-state index contributed by atoms with van der Waals surface area (Å²) in [7, 11) is 0. The van der Waals surface area contributed by atoms with E-state index in [0.717, 1.165) is 16.7 Å². The Bertz CT molecular complexity index is 901. The Kier molecular flexibility index (Phi) is 5.60. The molecule has 0 radical (unpaired) electrons. The first-order valence-corrected chi connectivity index (χ1v) is 8.54. The zero-order chi connectivity index (χ0) is 20.2. The lowest BCUT2D eigenvalue weighted by Gasteiger charge is -2.29. The van der Waals surface area contributed by atoms with Crippen LogP contribution in [0.2, 0.25) is 0 Å². The van der Waals surface area contributed by atoms with Crippen molar-refractivity contribution in [2.24, 2.45) is 0 Å². The van der Waals surface area contributed by atoms with Crippen molar-refractivity contribution in [3.63, 3.8) is 0 Å². The summed E-state index contributed by atoms with van der Waals surface area (Å²) in [4.78, 5) is 12.6. The molecule has 1 atom stereocenters. The van der Waals surface area contributed by atoms with Crippen LogP contribution in [0, 0.1) is 0 Å². The minimum Gasteiger partial charge on any atom is -0.406 e. The van der Waals surface area contributed by atoms with E-state index in [1.807, 2.05) is 26.0 Å². The van der Waals surface area contributed by atoms with E-state index in [4.69, 9.17) is 4.74 Å². The normalized spacial score (nSPS) is 13.8. The fourth-order valence-electron chi connectivity index (χ4n) is 2.84. The topological polar surface area (TPSA) is 57.1 Å². The highest BCUT2D eigenvalue weighted by Crippen LogP contribution is 2.32. The third-order valence-electron chi connectivity index (χ3n) is 4.22. The van der Waals surface area contributed by atoms with Crippen LogP contribution in [0.15, 0.2) is 61.3 Å². The maximum Gasteiger partial charge on any atom is 0.573 e. The number of ether oxygens (including phenoxy) is 2. The van der Waals surface area contributed by atoms with Crippen molar-refractivity contribution in [1.82, 2.24) is 15.0 Å². The van der Waals surface area contributed by atoms with E-state index in [9.17, 15) is 13.2 Å². The van der Waals surface area contributed by atoms with Crippen molar-refractivity contribution >= 4 is 0 Å². The minimum atomic E-state index is -4.71. The number of halogens is 3. The van der Waals surface area contributed by atoms with Gasteiger partial charge in [0, 0.05) is 36.3 Å². The molecule has 0 bridgehead atoms. The third-order valence-corrected chi connectivity index (χ3v) is 4.22. The zero-order valence-electron chi connectivity index (χ0n) is 15.3. The molecule has 0 aliphatic carbocycles. The second-order valence-electron chi connectivity index (χ2n) is 6.10. The molecule has 146 valence electrons. The van der Waals surface area contributed by atoms with Gasteiger partial charge in [0.05, 0.1) is 5.69 Å². The van der Waals surface area contributed by atoms with E-state index in [2.05, 4.69) is 19.7 Å². The van der Waals surface area contributed by atoms with Crippen LogP contribution in [0.25, 0.3) is 11.1 Å². The molecule has 0 spiro atoms. The number of benzene rings is 1. The highest BCUT2D eigenvalue weighted by Gasteiger charge is 2.32. The second kappa shape index (κ2) is 7.93. The Morgan fingerprint density at radius 1 is 0.893 bits per heavy atom. The van der Waals surface area contributed by atoms with Crippen LogP contribution in [0.5, 0.6) is 5.75 Å². The summed E-state index contributed by atoms with van der Waals surface area (Å²) < 4.78 is 46.6. The number of pyridine rings is 1. The van der Waals surface area contributed by atoms with E-state index >= 15 is 0 Å². The van der Waals surface area contributed by atoms with Crippen LogP contribution in [-0.4, -0.2) is 27.9 Å². The van der Waals surface area contributed by atoms with Crippen LogP contribution in [0.4, 0.5) is 13.2 Å². The molecule has 2 aromatic heterocycles. The van der Waals surface area contributed by atoms with Gasteiger partial charge in [-0.25, -0.2) is 9.97 Å². The van der Waals surface area contributed by atoms with Crippen molar-refractivity contribution in [3.05, 3.63) is 72.6 Å². The predicted octanol–water partition coefficient (Wildman–Crippen LogP) is 4.74. The van der Waals surface area contributed by atoms with Gasteiger partial charge in [-0.2, -0.15) is 0 Å². The van der Waals surface area contributed by atoms with Gasteiger partial charge in [0.25, 0.3) is 0 Å². The third kappa shape index (κ3) is 4.45. The van der Waals surface area contributed by atoms with Gasteiger partial charge in [-0.3, -0.25) is 4.98 Å². The molecule has 0 fully saturated rings. The van der Waals surface area contributed by atoms with Crippen molar-refractivity contribution in [2.45, 2.75) is 25.8 Å². The summed E-state index contributed by atoms with van der Waals surface area (Å²) in [5.41, 5.74) is 2.09. The minimum absolute atomic E-state index is 0.270. The van der Waals surface area contributed by atoms with Gasteiger partial charge in [0.15, 0.2) is 0 Å². The summed E-state index contributed by atoms with van der Waals surface area (Å²) in [6.07, 6.45) is 1.74. The monoisotopic (exact) mass is 389 g/mol. The van der Waals surface area contributed by atoms with Gasteiger partial charge >= 0.3 is 6.36 Å². The highest BCUT2D eigenvalue weighted by molar-refractivity contribution is 5.63. The van der Waals surface area contributed by atoms with Gasteiger partial charge in [-0.1, -0.05) is 18.2 Å².